The fourth-order valence-corrected chi connectivity index (χ4v) is 1.91. The summed E-state index contributed by atoms with van der Waals surface area (Å²) in [6.07, 6.45) is 0.226. The molecule has 3 nitrogen and oxygen atoms in total. The summed E-state index contributed by atoms with van der Waals surface area (Å²) in [5.74, 6) is -1.90. The Bertz CT molecular complexity index is 405. The maximum Gasteiger partial charge on any atom is 0.311 e. The van der Waals surface area contributed by atoms with Crippen LogP contribution in [-0.2, 0) is 15.1 Å². The number of esters is 1. The van der Waals surface area contributed by atoms with Gasteiger partial charge in [-0.1, -0.05) is 25.1 Å². The van der Waals surface area contributed by atoms with Gasteiger partial charge < -0.3 is 9.84 Å². The van der Waals surface area contributed by atoms with Crippen LogP contribution in [0.15, 0.2) is 24.3 Å². The largest absolute Gasteiger partial charge is 0.469 e. The zero-order chi connectivity index (χ0) is 13.1. The third-order valence-electron chi connectivity index (χ3n) is 3.15. The second kappa shape index (κ2) is 5.27. The van der Waals surface area contributed by atoms with Gasteiger partial charge in [-0.25, -0.2) is 4.39 Å². The van der Waals surface area contributed by atoms with E-state index in [1.54, 1.807) is 13.0 Å². The van der Waals surface area contributed by atoms with Crippen molar-refractivity contribution in [1.29, 1.82) is 0 Å². The highest BCUT2D eigenvalue weighted by Crippen LogP contribution is 2.35. The van der Waals surface area contributed by atoms with Crippen LogP contribution in [0.5, 0.6) is 0 Å². The Labute approximate surface area is 100 Å². The molecule has 0 amide bonds. The lowest BCUT2D eigenvalue weighted by Crippen LogP contribution is -2.39. The van der Waals surface area contributed by atoms with Gasteiger partial charge in [-0.3, -0.25) is 4.79 Å². The highest BCUT2D eigenvalue weighted by atomic mass is 19.1. The molecule has 1 aromatic carbocycles. The molecule has 1 N–H and O–H groups in total. The van der Waals surface area contributed by atoms with E-state index < -0.39 is 23.3 Å². The van der Waals surface area contributed by atoms with Gasteiger partial charge >= 0.3 is 5.97 Å². The third kappa shape index (κ3) is 2.47. The second-order valence-corrected chi connectivity index (χ2v) is 4.00. The fraction of sp³-hybridized carbons (Fsp3) is 0.462. The molecule has 0 fully saturated rings. The molecule has 0 aliphatic carbocycles. The van der Waals surface area contributed by atoms with Crippen molar-refractivity contribution in [3.8, 4) is 0 Å². The van der Waals surface area contributed by atoms with Crippen molar-refractivity contribution in [2.45, 2.75) is 25.9 Å². The van der Waals surface area contributed by atoms with Gasteiger partial charge in [-0.05, 0) is 19.4 Å². The Morgan fingerprint density at radius 3 is 2.59 bits per heavy atom. The lowest BCUT2D eigenvalue weighted by molar-refractivity contribution is -0.156. The van der Waals surface area contributed by atoms with Crippen LogP contribution in [0.25, 0.3) is 0 Å². The number of benzene rings is 1. The van der Waals surface area contributed by atoms with E-state index in [-0.39, 0.29) is 12.0 Å². The predicted octanol–water partition coefficient (Wildman–Crippen LogP) is 2.23. The number of hydrogen-bond donors (Lipinski definition) is 1. The molecular formula is C13H17FO3. The Hall–Kier alpha value is -1.42. The molecule has 0 aliphatic heterocycles. The predicted molar refractivity (Wildman–Crippen MR) is 61.8 cm³/mol. The van der Waals surface area contributed by atoms with Crippen LogP contribution in [0, 0.1) is 11.7 Å². The van der Waals surface area contributed by atoms with Crippen LogP contribution < -0.4 is 0 Å². The number of carbonyl (C=O) groups excluding carboxylic acids is 1. The minimum absolute atomic E-state index is 0.125. The number of carbonyl (C=O) groups is 1. The number of methoxy groups -OCH3 is 1. The molecule has 0 saturated heterocycles. The van der Waals surface area contributed by atoms with Gasteiger partial charge in [0.2, 0.25) is 0 Å². The van der Waals surface area contributed by atoms with E-state index in [1.807, 2.05) is 0 Å². The second-order valence-electron chi connectivity index (χ2n) is 4.00. The Balaban J connectivity index is 3.21. The SMILES string of the molecule is CCC(O)(c1ccccc1F)C(C)C(=O)OC. The molecule has 0 radical (unpaired) electrons. The number of halogens is 1. The highest BCUT2D eigenvalue weighted by Gasteiger charge is 2.40. The van der Waals surface area contributed by atoms with Crippen LogP contribution >= 0.6 is 0 Å². The average molecular weight is 240 g/mol. The lowest BCUT2D eigenvalue weighted by atomic mass is 9.80. The van der Waals surface area contributed by atoms with Crippen LogP contribution in [0.4, 0.5) is 4.39 Å². The van der Waals surface area contributed by atoms with Crippen LogP contribution in [0.3, 0.4) is 0 Å². The summed E-state index contributed by atoms with van der Waals surface area (Å²) in [5.41, 5.74) is -1.42. The maximum atomic E-state index is 13.7. The first-order valence-electron chi connectivity index (χ1n) is 5.52. The summed E-state index contributed by atoms with van der Waals surface area (Å²) >= 11 is 0. The third-order valence-corrected chi connectivity index (χ3v) is 3.15. The van der Waals surface area contributed by atoms with Crippen LogP contribution in [0.1, 0.15) is 25.8 Å². The minimum atomic E-state index is -1.54. The van der Waals surface area contributed by atoms with Crippen molar-refractivity contribution in [3.05, 3.63) is 35.6 Å². The van der Waals surface area contributed by atoms with Gasteiger partial charge in [0.1, 0.15) is 11.4 Å². The molecule has 94 valence electrons. The first-order valence-corrected chi connectivity index (χ1v) is 5.52. The number of rotatable bonds is 4. The number of aliphatic hydroxyl groups is 1. The van der Waals surface area contributed by atoms with Gasteiger partial charge in [0.05, 0.1) is 13.0 Å². The van der Waals surface area contributed by atoms with Crippen LogP contribution in [-0.4, -0.2) is 18.2 Å². The van der Waals surface area contributed by atoms with E-state index >= 15 is 0 Å². The summed E-state index contributed by atoms with van der Waals surface area (Å²) in [7, 11) is 1.25. The molecule has 2 atom stereocenters. The number of ether oxygens (including phenoxy) is 1. The fourth-order valence-electron chi connectivity index (χ4n) is 1.91. The summed E-state index contributed by atoms with van der Waals surface area (Å²) in [6.45, 7) is 3.23. The molecule has 0 saturated carbocycles. The van der Waals surface area contributed by atoms with E-state index in [4.69, 9.17) is 0 Å². The van der Waals surface area contributed by atoms with Gasteiger partial charge in [-0.15, -0.1) is 0 Å². The van der Waals surface area contributed by atoms with E-state index in [9.17, 15) is 14.3 Å². The van der Waals surface area contributed by atoms with E-state index in [1.165, 1.54) is 32.2 Å². The van der Waals surface area contributed by atoms with Gasteiger partial charge in [0, 0.05) is 5.56 Å². The molecule has 0 aromatic heterocycles. The number of hydrogen-bond acceptors (Lipinski definition) is 3. The molecule has 1 aromatic rings. The zero-order valence-electron chi connectivity index (χ0n) is 10.2. The van der Waals surface area contributed by atoms with E-state index in [0.29, 0.717) is 0 Å². The van der Waals surface area contributed by atoms with Crippen LogP contribution in [0.2, 0.25) is 0 Å². The first kappa shape index (κ1) is 13.6. The minimum Gasteiger partial charge on any atom is -0.469 e. The average Bonchev–Trinajstić information content (AvgIpc) is 2.36. The molecular weight excluding hydrogens is 223 g/mol. The van der Waals surface area contributed by atoms with Crippen molar-refractivity contribution >= 4 is 5.97 Å². The molecule has 1 rings (SSSR count). The summed E-state index contributed by atoms with van der Waals surface area (Å²) in [6, 6.07) is 5.92. The van der Waals surface area contributed by atoms with Gasteiger partial charge in [0.15, 0.2) is 0 Å². The van der Waals surface area contributed by atoms with Gasteiger partial charge in [-0.2, -0.15) is 0 Å². The normalized spacial score (nSPS) is 16.1. The molecule has 0 spiro atoms. The molecule has 0 heterocycles. The Kier molecular flexibility index (Phi) is 4.23. The zero-order valence-corrected chi connectivity index (χ0v) is 10.2. The maximum absolute atomic E-state index is 13.7. The van der Waals surface area contributed by atoms with E-state index in [0.717, 1.165) is 0 Å². The van der Waals surface area contributed by atoms with Crippen molar-refractivity contribution in [2.24, 2.45) is 5.92 Å². The Morgan fingerprint density at radius 1 is 1.53 bits per heavy atom. The quantitative estimate of drug-likeness (QED) is 0.821. The molecule has 17 heavy (non-hydrogen) atoms. The molecule has 2 unspecified atom stereocenters. The van der Waals surface area contributed by atoms with Crippen molar-refractivity contribution < 1.29 is 19.0 Å². The van der Waals surface area contributed by atoms with E-state index in [2.05, 4.69) is 4.74 Å². The topological polar surface area (TPSA) is 46.5 Å². The standard InChI is InChI=1S/C13H17FO3/c1-4-13(16,9(2)12(15)17-3)10-7-5-6-8-11(10)14/h5-9,16H,4H2,1-3H3. The molecule has 4 heteroatoms. The van der Waals surface area contributed by atoms with Crippen molar-refractivity contribution in [3.63, 3.8) is 0 Å². The Morgan fingerprint density at radius 2 is 2.12 bits per heavy atom. The lowest BCUT2D eigenvalue weighted by Gasteiger charge is -2.32. The smallest absolute Gasteiger partial charge is 0.311 e. The summed E-state index contributed by atoms with van der Waals surface area (Å²) in [5, 5.41) is 10.5. The highest BCUT2D eigenvalue weighted by molar-refractivity contribution is 5.73. The summed E-state index contributed by atoms with van der Waals surface area (Å²) < 4.78 is 18.3. The van der Waals surface area contributed by atoms with Crippen molar-refractivity contribution in [1.82, 2.24) is 0 Å². The molecule has 0 bridgehead atoms. The van der Waals surface area contributed by atoms with Crippen molar-refractivity contribution in [2.75, 3.05) is 7.11 Å². The summed E-state index contributed by atoms with van der Waals surface area (Å²) in [4.78, 5) is 11.5. The molecule has 0 aliphatic rings. The van der Waals surface area contributed by atoms with Gasteiger partial charge in [0.25, 0.3) is 0 Å². The first-order chi connectivity index (χ1) is 7.97. The monoisotopic (exact) mass is 240 g/mol.